The van der Waals surface area contributed by atoms with Crippen molar-refractivity contribution in [2.45, 2.75) is 39.0 Å². The molecule has 1 aliphatic heterocycles. The molecule has 0 spiro atoms. The average molecular weight is 277 g/mol. The van der Waals surface area contributed by atoms with Gasteiger partial charge in [-0.3, -0.25) is 0 Å². The minimum Gasteiger partial charge on any atom is -0.496 e. The monoisotopic (exact) mass is 277 g/mol. The van der Waals surface area contributed by atoms with E-state index in [-0.39, 0.29) is 12.0 Å². The molecule has 3 rings (SSSR count). The Morgan fingerprint density at radius 2 is 2.25 bits per heavy atom. The maximum atomic E-state index is 9.40. The molecule has 3 atom stereocenters. The molecule has 0 bridgehead atoms. The minimum absolute atomic E-state index is 0.0120. The third-order valence-corrected chi connectivity index (χ3v) is 4.87. The molecule has 20 heavy (non-hydrogen) atoms. The van der Waals surface area contributed by atoms with Crippen molar-refractivity contribution >= 4 is 5.69 Å². The average Bonchev–Trinajstić information content (AvgIpc) is 2.91. The summed E-state index contributed by atoms with van der Waals surface area (Å²) in [5.41, 5.74) is 2.01. The maximum absolute atomic E-state index is 9.40. The first-order valence-corrected chi connectivity index (χ1v) is 7.24. The number of anilines is 1. The molecule has 110 valence electrons. The molecule has 0 radical (unpaired) electrons. The smallest absolute Gasteiger partial charge is 0.124 e. The predicted molar refractivity (Wildman–Crippen MR) is 78.0 cm³/mol. The van der Waals surface area contributed by atoms with E-state index in [9.17, 15) is 5.11 Å². The van der Waals surface area contributed by atoms with Crippen molar-refractivity contribution < 1.29 is 14.6 Å². The van der Waals surface area contributed by atoms with Crippen LogP contribution in [0, 0.1) is 11.3 Å². The van der Waals surface area contributed by atoms with Gasteiger partial charge in [-0.2, -0.15) is 0 Å². The van der Waals surface area contributed by atoms with Crippen LogP contribution in [0.2, 0.25) is 0 Å². The second-order valence-electron chi connectivity index (χ2n) is 6.37. The number of fused-ring (bicyclic) bond motifs is 1. The minimum atomic E-state index is -0.0120. The van der Waals surface area contributed by atoms with Crippen molar-refractivity contribution in [1.29, 1.82) is 0 Å². The van der Waals surface area contributed by atoms with Crippen LogP contribution < -0.4 is 10.1 Å². The summed E-state index contributed by atoms with van der Waals surface area (Å²) in [5.74, 6) is 1.33. The Bertz CT molecular complexity index is 500. The number of hydrogen-bond acceptors (Lipinski definition) is 4. The molecule has 2 aliphatic rings. The van der Waals surface area contributed by atoms with Crippen LogP contribution in [-0.2, 0) is 11.3 Å². The van der Waals surface area contributed by atoms with E-state index in [1.807, 2.05) is 18.2 Å². The first-order chi connectivity index (χ1) is 9.57. The molecule has 0 aromatic heterocycles. The normalized spacial score (nSPS) is 30.5. The third kappa shape index (κ3) is 1.98. The lowest BCUT2D eigenvalue weighted by atomic mass is 9.57. The fourth-order valence-corrected chi connectivity index (χ4v) is 3.79. The van der Waals surface area contributed by atoms with Gasteiger partial charge in [0.25, 0.3) is 0 Å². The largest absolute Gasteiger partial charge is 0.496 e. The SMILES string of the molecule is COc1ccc(NC2C3CCOC3C2(C)C)cc1CO. The zero-order valence-corrected chi connectivity index (χ0v) is 12.3. The summed E-state index contributed by atoms with van der Waals surface area (Å²) < 4.78 is 11.1. The molecule has 2 fully saturated rings. The second-order valence-corrected chi connectivity index (χ2v) is 6.37. The fourth-order valence-electron chi connectivity index (χ4n) is 3.79. The predicted octanol–water partition coefficient (Wildman–Crippen LogP) is 2.41. The van der Waals surface area contributed by atoms with Gasteiger partial charge >= 0.3 is 0 Å². The Balaban J connectivity index is 1.78. The van der Waals surface area contributed by atoms with Crippen LogP contribution in [0.4, 0.5) is 5.69 Å². The summed E-state index contributed by atoms with van der Waals surface area (Å²) >= 11 is 0. The molecule has 4 heteroatoms. The lowest BCUT2D eigenvalue weighted by Gasteiger charge is -2.55. The number of methoxy groups -OCH3 is 1. The molecule has 1 aliphatic carbocycles. The number of nitrogens with one attached hydrogen (secondary N) is 1. The van der Waals surface area contributed by atoms with Crippen LogP contribution in [0.25, 0.3) is 0 Å². The van der Waals surface area contributed by atoms with Crippen molar-refractivity contribution in [3.05, 3.63) is 23.8 Å². The third-order valence-electron chi connectivity index (χ3n) is 4.87. The van der Waals surface area contributed by atoms with Gasteiger partial charge in [0.1, 0.15) is 5.75 Å². The summed E-state index contributed by atoms with van der Waals surface area (Å²) in [6.45, 7) is 5.38. The van der Waals surface area contributed by atoms with Gasteiger partial charge in [0.05, 0.1) is 19.8 Å². The van der Waals surface area contributed by atoms with Crippen LogP contribution >= 0.6 is 0 Å². The number of aliphatic hydroxyl groups is 1. The van der Waals surface area contributed by atoms with Crippen molar-refractivity contribution in [2.24, 2.45) is 11.3 Å². The summed E-state index contributed by atoms with van der Waals surface area (Å²) in [7, 11) is 1.62. The molecule has 1 saturated heterocycles. The first kappa shape index (κ1) is 13.7. The molecule has 1 heterocycles. The van der Waals surface area contributed by atoms with E-state index in [0.717, 1.165) is 30.0 Å². The van der Waals surface area contributed by atoms with Crippen LogP contribution in [0.3, 0.4) is 0 Å². The van der Waals surface area contributed by atoms with Gasteiger partial charge in [-0.1, -0.05) is 13.8 Å². The number of benzene rings is 1. The Hall–Kier alpha value is -1.26. The second kappa shape index (κ2) is 4.93. The molecular weight excluding hydrogens is 254 g/mol. The van der Waals surface area contributed by atoms with Gasteiger partial charge in [0, 0.05) is 35.2 Å². The van der Waals surface area contributed by atoms with Crippen LogP contribution in [0.1, 0.15) is 25.8 Å². The maximum Gasteiger partial charge on any atom is 0.124 e. The number of ether oxygens (including phenoxy) is 2. The Kier molecular flexibility index (Phi) is 3.38. The summed E-state index contributed by atoms with van der Waals surface area (Å²) in [5, 5.41) is 13.0. The number of hydrogen-bond donors (Lipinski definition) is 2. The quantitative estimate of drug-likeness (QED) is 0.887. The number of rotatable bonds is 4. The van der Waals surface area contributed by atoms with E-state index in [2.05, 4.69) is 19.2 Å². The molecular formula is C16H23NO3. The Morgan fingerprint density at radius 3 is 2.95 bits per heavy atom. The van der Waals surface area contributed by atoms with E-state index in [4.69, 9.17) is 9.47 Å². The highest BCUT2D eigenvalue weighted by Crippen LogP contribution is 2.53. The van der Waals surface area contributed by atoms with Gasteiger partial charge in [0.2, 0.25) is 0 Å². The summed E-state index contributed by atoms with van der Waals surface area (Å²) in [6.07, 6.45) is 1.52. The molecule has 2 N–H and O–H groups in total. The zero-order valence-electron chi connectivity index (χ0n) is 12.3. The molecule has 1 aromatic rings. The van der Waals surface area contributed by atoms with Crippen molar-refractivity contribution in [1.82, 2.24) is 0 Å². The van der Waals surface area contributed by atoms with Gasteiger partial charge in [0.15, 0.2) is 0 Å². The summed E-state index contributed by atoms with van der Waals surface area (Å²) in [6, 6.07) is 6.31. The fraction of sp³-hybridized carbons (Fsp3) is 0.625. The lowest BCUT2D eigenvalue weighted by Crippen LogP contribution is -2.63. The zero-order chi connectivity index (χ0) is 14.3. The summed E-state index contributed by atoms with van der Waals surface area (Å²) in [4.78, 5) is 0. The van der Waals surface area contributed by atoms with Crippen molar-refractivity contribution in [3.63, 3.8) is 0 Å². The van der Waals surface area contributed by atoms with Crippen LogP contribution in [0.5, 0.6) is 5.75 Å². The van der Waals surface area contributed by atoms with Crippen molar-refractivity contribution in [2.75, 3.05) is 19.0 Å². The van der Waals surface area contributed by atoms with Crippen LogP contribution in [-0.4, -0.2) is 31.0 Å². The van der Waals surface area contributed by atoms with E-state index in [1.54, 1.807) is 7.11 Å². The standard InChI is InChI=1S/C16H23NO3/c1-16(2)14(12-6-7-20-15(12)16)17-11-4-5-13(19-3)10(8-11)9-18/h4-5,8,12,14-15,17-18H,6-7,9H2,1-3H3. The molecule has 1 saturated carbocycles. The molecule has 3 unspecified atom stereocenters. The highest BCUT2D eigenvalue weighted by atomic mass is 16.5. The van der Waals surface area contributed by atoms with E-state index >= 15 is 0 Å². The van der Waals surface area contributed by atoms with Gasteiger partial charge in [-0.05, 0) is 24.6 Å². The highest BCUT2D eigenvalue weighted by molar-refractivity contribution is 5.52. The van der Waals surface area contributed by atoms with Gasteiger partial charge in [-0.25, -0.2) is 0 Å². The lowest BCUT2D eigenvalue weighted by molar-refractivity contribution is -0.0923. The highest BCUT2D eigenvalue weighted by Gasteiger charge is 2.59. The molecule has 1 aromatic carbocycles. The van der Waals surface area contributed by atoms with Crippen LogP contribution in [0.15, 0.2) is 18.2 Å². The van der Waals surface area contributed by atoms with Gasteiger partial charge in [-0.15, -0.1) is 0 Å². The Morgan fingerprint density at radius 1 is 1.45 bits per heavy atom. The van der Waals surface area contributed by atoms with E-state index in [0.29, 0.717) is 18.1 Å². The topological polar surface area (TPSA) is 50.7 Å². The molecule has 0 amide bonds. The van der Waals surface area contributed by atoms with Gasteiger partial charge < -0.3 is 19.9 Å². The van der Waals surface area contributed by atoms with E-state index < -0.39 is 0 Å². The number of aliphatic hydroxyl groups excluding tert-OH is 1. The first-order valence-electron chi connectivity index (χ1n) is 7.24. The Labute approximate surface area is 120 Å². The van der Waals surface area contributed by atoms with E-state index in [1.165, 1.54) is 0 Å². The van der Waals surface area contributed by atoms with Crippen molar-refractivity contribution in [3.8, 4) is 5.75 Å². The molecule has 4 nitrogen and oxygen atoms in total.